The Hall–Kier alpha value is -2.70. The first-order valence-corrected chi connectivity index (χ1v) is 7.99. The maximum Gasteiger partial charge on any atom is 0.326 e. The monoisotopic (exact) mass is 329 g/mol. The lowest BCUT2D eigenvalue weighted by Gasteiger charge is -2.20. The van der Waals surface area contributed by atoms with Gasteiger partial charge in [0.2, 0.25) is 0 Å². The molecule has 1 fully saturated rings. The Labute approximate surface area is 138 Å². The van der Waals surface area contributed by atoms with Crippen molar-refractivity contribution in [3.8, 4) is 0 Å². The van der Waals surface area contributed by atoms with E-state index in [1.807, 2.05) is 0 Å². The van der Waals surface area contributed by atoms with Crippen molar-refractivity contribution in [3.63, 3.8) is 0 Å². The molecule has 1 aromatic heterocycles. The summed E-state index contributed by atoms with van der Waals surface area (Å²) in [6.07, 6.45) is 2.42. The maximum absolute atomic E-state index is 12.3. The molecule has 1 atom stereocenters. The van der Waals surface area contributed by atoms with E-state index < -0.39 is 12.1 Å². The minimum atomic E-state index is -0.847. The van der Waals surface area contributed by atoms with Gasteiger partial charge in [0, 0.05) is 13.1 Å². The summed E-state index contributed by atoms with van der Waals surface area (Å²) in [6, 6.07) is 6.92. The Kier molecular flexibility index (Phi) is 4.59. The van der Waals surface area contributed by atoms with Crippen LogP contribution in [0, 0.1) is 0 Å². The fraction of sp³-hybridized carbons (Fsp3) is 0.412. The highest BCUT2D eigenvalue weighted by molar-refractivity contribution is 5.83. The van der Waals surface area contributed by atoms with Crippen LogP contribution in [0.2, 0.25) is 0 Å². The molecule has 1 aliphatic rings. The van der Waals surface area contributed by atoms with Crippen LogP contribution < -0.4 is 5.56 Å². The van der Waals surface area contributed by atoms with Crippen molar-refractivity contribution in [2.45, 2.75) is 32.4 Å². The lowest BCUT2D eigenvalue weighted by Crippen LogP contribution is -2.39. The van der Waals surface area contributed by atoms with Crippen molar-refractivity contribution in [1.82, 2.24) is 14.5 Å². The van der Waals surface area contributed by atoms with Crippen LogP contribution >= 0.6 is 0 Å². The van der Waals surface area contributed by atoms with Crippen LogP contribution in [0.15, 0.2) is 35.4 Å². The van der Waals surface area contributed by atoms with Gasteiger partial charge in [0.1, 0.15) is 6.54 Å². The highest BCUT2D eigenvalue weighted by atomic mass is 16.5. The van der Waals surface area contributed by atoms with Crippen LogP contribution in [0.3, 0.4) is 0 Å². The number of nitrogens with zero attached hydrogens (tertiary/aromatic N) is 3. The molecule has 0 unspecified atom stereocenters. The molecule has 7 nitrogen and oxygen atoms in total. The normalized spacial score (nSPS) is 15.5. The van der Waals surface area contributed by atoms with Gasteiger partial charge < -0.3 is 9.64 Å². The van der Waals surface area contributed by atoms with Gasteiger partial charge in [-0.2, -0.15) is 0 Å². The average molecular weight is 329 g/mol. The first-order chi connectivity index (χ1) is 11.6. The van der Waals surface area contributed by atoms with E-state index in [9.17, 15) is 14.4 Å². The van der Waals surface area contributed by atoms with E-state index >= 15 is 0 Å². The van der Waals surface area contributed by atoms with Crippen molar-refractivity contribution in [2.75, 3.05) is 13.1 Å². The molecular formula is C17H19N3O4. The van der Waals surface area contributed by atoms with E-state index in [2.05, 4.69) is 4.98 Å². The predicted molar refractivity (Wildman–Crippen MR) is 87.4 cm³/mol. The van der Waals surface area contributed by atoms with Gasteiger partial charge in [-0.05, 0) is 31.9 Å². The number of fused-ring (bicyclic) bond motifs is 1. The molecule has 1 saturated heterocycles. The quantitative estimate of drug-likeness (QED) is 0.780. The number of hydrogen-bond acceptors (Lipinski definition) is 5. The average Bonchev–Trinajstić information content (AvgIpc) is 3.11. The first-order valence-electron chi connectivity index (χ1n) is 7.99. The SMILES string of the molecule is C[C@H](OC(=O)Cn1cnc2ccccc2c1=O)C(=O)N1CCCC1. The van der Waals surface area contributed by atoms with Crippen LogP contribution in [0.25, 0.3) is 10.9 Å². The van der Waals surface area contributed by atoms with Gasteiger partial charge in [-0.25, -0.2) is 4.98 Å². The summed E-state index contributed by atoms with van der Waals surface area (Å²) in [4.78, 5) is 42.4. The van der Waals surface area contributed by atoms with E-state index in [0.717, 1.165) is 12.8 Å². The second-order valence-electron chi connectivity index (χ2n) is 5.86. The largest absolute Gasteiger partial charge is 0.451 e. The molecule has 3 rings (SSSR count). The molecule has 2 heterocycles. The molecule has 1 aliphatic heterocycles. The Bertz CT molecular complexity index is 824. The number of hydrogen-bond donors (Lipinski definition) is 0. The molecular weight excluding hydrogens is 310 g/mol. The van der Waals surface area contributed by atoms with Crippen molar-refractivity contribution < 1.29 is 14.3 Å². The van der Waals surface area contributed by atoms with E-state index in [4.69, 9.17) is 4.74 Å². The zero-order valence-corrected chi connectivity index (χ0v) is 13.5. The van der Waals surface area contributed by atoms with Crippen molar-refractivity contribution in [2.24, 2.45) is 0 Å². The zero-order chi connectivity index (χ0) is 17.1. The third-order valence-corrected chi connectivity index (χ3v) is 4.10. The molecule has 126 valence electrons. The van der Waals surface area contributed by atoms with Gasteiger partial charge in [0.25, 0.3) is 11.5 Å². The Morgan fingerprint density at radius 3 is 2.71 bits per heavy atom. The van der Waals surface area contributed by atoms with Crippen molar-refractivity contribution >= 4 is 22.8 Å². The van der Waals surface area contributed by atoms with E-state index in [0.29, 0.717) is 24.0 Å². The minimum Gasteiger partial charge on any atom is -0.451 e. The molecule has 0 aliphatic carbocycles. The third kappa shape index (κ3) is 3.29. The summed E-state index contributed by atoms with van der Waals surface area (Å²) in [6.45, 7) is 2.69. The second kappa shape index (κ2) is 6.82. The molecule has 1 aromatic carbocycles. The molecule has 0 saturated carbocycles. The van der Waals surface area contributed by atoms with Crippen LogP contribution in [0.5, 0.6) is 0 Å². The molecule has 24 heavy (non-hydrogen) atoms. The molecule has 0 radical (unpaired) electrons. The number of carbonyl (C=O) groups excluding carboxylic acids is 2. The molecule has 7 heteroatoms. The number of ether oxygens (including phenoxy) is 1. The topological polar surface area (TPSA) is 81.5 Å². The highest BCUT2D eigenvalue weighted by Crippen LogP contribution is 2.11. The van der Waals surface area contributed by atoms with E-state index in [1.54, 1.807) is 36.1 Å². The Balaban J connectivity index is 1.67. The number of esters is 1. The third-order valence-electron chi connectivity index (χ3n) is 4.10. The number of amides is 1. The van der Waals surface area contributed by atoms with E-state index in [1.165, 1.54) is 10.9 Å². The summed E-state index contributed by atoms with van der Waals surface area (Å²) in [5.41, 5.74) is 0.265. The highest BCUT2D eigenvalue weighted by Gasteiger charge is 2.26. The van der Waals surface area contributed by atoms with Gasteiger partial charge in [-0.15, -0.1) is 0 Å². The number of para-hydroxylation sites is 1. The van der Waals surface area contributed by atoms with Crippen LogP contribution in [0.4, 0.5) is 0 Å². The lowest BCUT2D eigenvalue weighted by atomic mass is 10.2. The van der Waals surface area contributed by atoms with Crippen molar-refractivity contribution in [3.05, 3.63) is 40.9 Å². The smallest absolute Gasteiger partial charge is 0.326 e. The lowest BCUT2D eigenvalue weighted by molar-refractivity contribution is -0.159. The zero-order valence-electron chi connectivity index (χ0n) is 13.5. The molecule has 0 spiro atoms. The first kappa shape index (κ1) is 16.2. The standard InChI is InChI=1S/C17H19N3O4/c1-12(16(22)19-8-4-5-9-19)24-15(21)10-20-11-18-14-7-3-2-6-13(14)17(20)23/h2-3,6-7,11-12H,4-5,8-10H2,1H3/t12-/m0/s1. The van der Waals surface area contributed by atoms with Gasteiger partial charge >= 0.3 is 5.97 Å². The minimum absolute atomic E-state index is 0.190. The number of rotatable bonds is 4. The van der Waals surface area contributed by atoms with E-state index in [-0.39, 0.29) is 18.0 Å². The summed E-state index contributed by atoms with van der Waals surface area (Å²) >= 11 is 0. The van der Waals surface area contributed by atoms with Crippen LogP contribution in [0.1, 0.15) is 19.8 Å². The number of benzene rings is 1. The van der Waals surface area contributed by atoms with Crippen LogP contribution in [-0.4, -0.2) is 45.5 Å². The van der Waals surface area contributed by atoms with Gasteiger partial charge in [0.15, 0.2) is 6.10 Å². The maximum atomic E-state index is 12.3. The Morgan fingerprint density at radius 2 is 1.96 bits per heavy atom. The Morgan fingerprint density at radius 1 is 1.25 bits per heavy atom. The molecule has 2 aromatic rings. The molecule has 0 bridgehead atoms. The van der Waals surface area contributed by atoms with Gasteiger partial charge in [-0.1, -0.05) is 12.1 Å². The predicted octanol–water partition coefficient (Wildman–Crippen LogP) is 0.951. The summed E-state index contributed by atoms with van der Waals surface area (Å²) in [5, 5.41) is 0.439. The second-order valence-corrected chi connectivity index (χ2v) is 5.86. The number of aromatic nitrogens is 2. The van der Waals surface area contributed by atoms with Crippen LogP contribution in [-0.2, 0) is 20.9 Å². The van der Waals surface area contributed by atoms with Gasteiger partial charge in [0.05, 0.1) is 17.2 Å². The number of carbonyl (C=O) groups is 2. The summed E-state index contributed by atoms with van der Waals surface area (Å²) in [5.74, 6) is -0.820. The fourth-order valence-corrected chi connectivity index (χ4v) is 2.84. The fourth-order valence-electron chi connectivity index (χ4n) is 2.84. The van der Waals surface area contributed by atoms with Gasteiger partial charge in [-0.3, -0.25) is 19.0 Å². The summed E-state index contributed by atoms with van der Waals surface area (Å²) < 4.78 is 6.37. The van der Waals surface area contributed by atoms with Crippen molar-refractivity contribution in [1.29, 1.82) is 0 Å². The number of likely N-dealkylation sites (tertiary alicyclic amines) is 1. The molecule has 0 N–H and O–H groups in total. The summed E-state index contributed by atoms with van der Waals surface area (Å²) in [7, 11) is 0. The molecule has 1 amide bonds.